The molecule has 2 rings (SSSR count). The average Bonchev–Trinajstić information content (AvgIpc) is 2.40. The van der Waals surface area contributed by atoms with E-state index >= 15 is 0 Å². The molecule has 2 N–H and O–H groups in total. The lowest BCUT2D eigenvalue weighted by atomic mass is 10.2. The van der Waals surface area contributed by atoms with Crippen LogP contribution >= 0.6 is 0 Å². The summed E-state index contributed by atoms with van der Waals surface area (Å²) >= 11 is 0. The first-order chi connectivity index (χ1) is 8.75. The Labute approximate surface area is 105 Å². The number of carbonyl (C=O) groups excluding carboxylic acids is 2. The number of rotatable bonds is 2. The lowest BCUT2D eigenvalue weighted by Gasteiger charge is -2.06. The maximum atomic E-state index is 11.7. The lowest BCUT2D eigenvalue weighted by molar-refractivity contribution is 0.0967. The Hall–Kier alpha value is -2.62. The number of nitrogens with one attached hydrogen (secondary N) is 2. The van der Waals surface area contributed by atoms with Crippen molar-refractivity contribution in [3.8, 4) is 0 Å². The third kappa shape index (κ3) is 3.18. The fraction of sp³-hybridized carbons (Fsp3) is 0. The monoisotopic (exact) mass is 239 g/mol. The van der Waals surface area contributed by atoms with Crippen LogP contribution in [0.3, 0.4) is 0 Å². The smallest absolute Gasteiger partial charge is 0.308 e. The molecule has 4 heteroatoms. The van der Waals surface area contributed by atoms with Crippen LogP contribution in [0.2, 0.25) is 0 Å². The van der Waals surface area contributed by atoms with Crippen molar-refractivity contribution in [3.05, 3.63) is 66.2 Å². The molecule has 0 aromatic heterocycles. The third-order valence-electron chi connectivity index (χ3n) is 2.23. The summed E-state index contributed by atoms with van der Waals surface area (Å²) in [4.78, 5) is 23.2. The first-order valence-electron chi connectivity index (χ1n) is 5.39. The second-order valence-corrected chi connectivity index (χ2v) is 3.57. The first kappa shape index (κ1) is 11.9. The maximum absolute atomic E-state index is 11.7. The first-order valence-corrected chi connectivity index (χ1v) is 5.39. The minimum atomic E-state index is -0.566. The largest absolute Gasteiger partial charge is 0.326 e. The Morgan fingerprint density at radius 1 is 1.00 bits per heavy atom. The summed E-state index contributed by atoms with van der Waals surface area (Å²) in [6, 6.07) is 17.6. The molecule has 1 radical (unpaired) electrons. The van der Waals surface area contributed by atoms with Gasteiger partial charge < -0.3 is 5.32 Å². The van der Waals surface area contributed by atoms with Crippen molar-refractivity contribution in [2.45, 2.75) is 0 Å². The molecule has 0 aliphatic rings. The Kier molecular flexibility index (Phi) is 3.71. The molecule has 18 heavy (non-hydrogen) atoms. The summed E-state index contributed by atoms with van der Waals surface area (Å²) < 4.78 is 0. The Bertz CT molecular complexity index is 538. The summed E-state index contributed by atoms with van der Waals surface area (Å²) in [7, 11) is 0. The van der Waals surface area contributed by atoms with Crippen molar-refractivity contribution < 1.29 is 9.59 Å². The van der Waals surface area contributed by atoms with Gasteiger partial charge in [-0.2, -0.15) is 0 Å². The van der Waals surface area contributed by atoms with Gasteiger partial charge in [-0.1, -0.05) is 30.3 Å². The Balaban J connectivity index is 1.94. The molecule has 0 fully saturated rings. The van der Waals surface area contributed by atoms with E-state index in [1.165, 1.54) is 0 Å². The van der Waals surface area contributed by atoms with Crippen LogP contribution in [-0.2, 0) is 0 Å². The van der Waals surface area contributed by atoms with Crippen LogP contribution in [0.1, 0.15) is 10.4 Å². The highest BCUT2D eigenvalue weighted by atomic mass is 16.2. The molecular formula is C14H11N2O2. The number of carbonyl (C=O) groups is 2. The van der Waals surface area contributed by atoms with Crippen molar-refractivity contribution in [2.75, 3.05) is 5.32 Å². The molecule has 4 nitrogen and oxygen atoms in total. The summed E-state index contributed by atoms with van der Waals surface area (Å²) in [6.07, 6.45) is 0. The zero-order chi connectivity index (χ0) is 12.8. The summed E-state index contributed by atoms with van der Waals surface area (Å²) in [5, 5.41) is 4.78. The highest BCUT2D eigenvalue weighted by Gasteiger charge is 2.09. The van der Waals surface area contributed by atoms with Gasteiger partial charge in [0.1, 0.15) is 0 Å². The molecule has 0 spiro atoms. The van der Waals surface area contributed by atoms with Gasteiger partial charge in [-0.05, 0) is 30.3 Å². The summed E-state index contributed by atoms with van der Waals surface area (Å²) in [6.45, 7) is 0. The van der Waals surface area contributed by atoms with Crippen molar-refractivity contribution in [2.24, 2.45) is 0 Å². The van der Waals surface area contributed by atoms with Crippen LogP contribution in [0, 0.1) is 6.07 Å². The predicted molar refractivity (Wildman–Crippen MR) is 68.2 cm³/mol. The van der Waals surface area contributed by atoms with Gasteiger partial charge in [-0.3, -0.25) is 10.1 Å². The van der Waals surface area contributed by atoms with Gasteiger partial charge >= 0.3 is 6.03 Å². The van der Waals surface area contributed by atoms with Crippen LogP contribution in [-0.4, -0.2) is 11.9 Å². The number of benzene rings is 2. The summed E-state index contributed by atoms with van der Waals surface area (Å²) in [5.74, 6) is -0.437. The highest BCUT2D eigenvalue weighted by Crippen LogP contribution is 2.04. The van der Waals surface area contributed by atoms with E-state index in [1.54, 1.807) is 54.6 Å². The van der Waals surface area contributed by atoms with Gasteiger partial charge in [0.15, 0.2) is 0 Å². The molecule has 2 aromatic carbocycles. The van der Waals surface area contributed by atoms with Crippen molar-refractivity contribution in [1.29, 1.82) is 0 Å². The molecule has 0 aliphatic heterocycles. The van der Waals surface area contributed by atoms with Crippen LogP contribution in [0.25, 0.3) is 0 Å². The highest BCUT2D eigenvalue weighted by molar-refractivity contribution is 6.07. The van der Waals surface area contributed by atoms with E-state index in [-0.39, 0.29) is 0 Å². The van der Waals surface area contributed by atoms with E-state index in [0.717, 1.165) is 0 Å². The molecule has 0 saturated heterocycles. The minimum absolute atomic E-state index is 0.437. The number of imide groups is 1. The normalized spacial score (nSPS) is 9.56. The molecular weight excluding hydrogens is 228 g/mol. The SMILES string of the molecule is O=C(NC(=O)c1ccccc1)Nc1c[c]ccc1. The molecule has 89 valence electrons. The van der Waals surface area contributed by atoms with E-state index in [1.807, 2.05) is 0 Å². The number of anilines is 1. The van der Waals surface area contributed by atoms with Gasteiger partial charge in [0, 0.05) is 11.3 Å². The van der Waals surface area contributed by atoms with Crippen LogP contribution in [0.4, 0.5) is 10.5 Å². The molecule has 3 amide bonds. The molecule has 2 aromatic rings. The fourth-order valence-electron chi connectivity index (χ4n) is 1.40. The zero-order valence-electron chi connectivity index (χ0n) is 9.51. The molecule has 0 atom stereocenters. The number of amides is 3. The zero-order valence-corrected chi connectivity index (χ0v) is 9.51. The predicted octanol–water partition coefficient (Wildman–Crippen LogP) is 2.45. The summed E-state index contributed by atoms with van der Waals surface area (Å²) in [5.41, 5.74) is 1.02. The van der Waals surface area contributed by atoms with E-state index < -0.39 is 11.9 Å². The van der Waals surface area contributed by atoms with Gasteiger partial charge in [-0.25, -0.2) is 4.79 Å². The quantitative estimate of drug-likeness (QED) is 0.845. The van der Waals surface area contributed by atoms with Gasteiger partial charge in [0.25, 0.3) is 5.91 Å². The Morgan fingerprint density at radius 2 is 1.78 bits per heavy atom. The second-order valence-electron chi connectivity index (χ2n) is 3.57. The fourth-order valence-corrected chi connectivity index (χ4v) is 1.40. The molecule has 0 unspecified atom stereocenters. The third-order valence-corrected chi connectivity index (χ3v) is 2.23. The average molecular weight is 239 g/mol. The standard InChI is InChI=1S/C14H11N2O2/c17-13(11-7-3-1-4-8-11)16-14(18)15-12-9-5-2-6-10-12/h1-5,7-10H,(H2,15,16,17,18). The number of urea groups is 1. The van der Waals surface area contributed by atoms with Crippen molar-refractivity contribution in [1.82, 2.24) is 5.32 Å². The van der Waals surface area contributed by atoms with Crippen LogP contribution < -0.4 is 10.6 Å². The van der Waals surface area contributed by atoms with E-state index in [9.17, 15) is 9.59 Å². The van der Waals surface area contributed by atoms with Gasteiger partial charge in [0.05, 0.1) is 0 Å². The van der Waals surface area contributed by atoms with Crippen LogP contribution in [0.15, 0.2) is 54.6 Å². The van der Waals surface area contributed by atoms with Crippen molar-refractivity contribution in [3.63, 3.8) is 0 Å². The lowest BCUT2D eigenvalue weighted by Crippen LogP contribution is -2.34. The van der Waals surface area contributed by atoms with Gasteiger partial charge in [0.2, 0.25) is 0 Å². The molecule has 0 heterocycles. The Morgan fingerprint density at radius 3 is 2.44 bits per heavy atom. The molecule has 0 aliphatic carbocycles. The maximum Gasteiger partial charge on any atom is 0.326 e. The van der Waals surface area contributed by atoms with E-state index in [2.05, 4.69) is 16.7 Å². The number of hydrogen-bond donors (Lipinski definition) is 2. The minimum Gasteiger partial charge on any atom is -0.308 e. The topological polar surface area (TPSA) is 58.2 Å². The second kappa shape index (κ2) is 5.63. The van der Waals surface area contributed by atoms with E-state index in [4.69, 9.17) is 0 Å². The molecule has 0 bridgehead atoms. The van der Waals surface area contributed by atoms with E-state index in [0.29, 0.717) is 11.3 Å². The molecule has 0 saturated carbocycles. The number of hydrogen-bond acceptors (Lipinski definition) is 2. The van der Waals surface area contributed by atoms with Crippen molar-refractivity contribution >= 4 is 17.6 Å². The van der Waals surface area contributed by atoms with Gasteiger partial charge in [-0.15, -0.1) is 0 Å². The van der Waals surface area contributed by atoms with Crippen LogP contribution in [0.5, 0.6) is 0 Å².